The average Bonchev–Trinajstić information content (AvgIpc) is 3.26. The van der Waals surface area contributed by atoms with Crippen LogP contribution in [0.4, 0.5) is 10.3 Å². The molecule has 1 N–H and O–H groups in total. The van der Waals surface area contributed by atoms with Crippen molar-refractivity contribution in [3.63, 3.8) is 0 Å². The van der Waals surface area contributed by atoms with Gasteiger partial charge in [0.05, 0.1) is 12.6 Å². The Kier molecular flexibility index (Phi) is 4.58. The molecule has 7 heteroatoms. The Hall–Kier alpha value is -1.99. The third-order valence-electron chi connectivity index (χ3n) is 3.92. The molecule has 0 saturated heterocycles. The summed E-state index contributed by atoms with van der Waals surface area (Å²) in [7, 11) is 3.71. The minimum Gasteiger partial charge on any atom is -0.387 e. The molecular weight excluding hydrogens is 299 g/mol. The Morgan fingerprint density at radius 3 is 2.57 bits per heavy atom. The van der Waals surface area contributed by atoms with Crippen molar-refractivity contribution in [3.05, 3.63) is 41.5 Å². The summed E-state index contributed by atoms with van der Waals surface area (Å²) in [6, 6.07) is 6.38. The predicted octanol–water partition coefficient (Wildman–Crippen LogP) is 1.97. The first-order valence-electron chi connectivity index (χ1n) is 7.70. The van der Waals surface area contributed by atoms with E-state index < -0.39 is 6.10 Å². The van der Waals surface area contributed by atoms with Crippen LogP contribution in [0.25, 0.3) is 0 Å². The van der Waals surface area contributed by atoms with Gasteiger partial charge in [0.25, 0.3) is 5.95 Å². The number of hydrogen-bond acceptors (Lipinski definition) is 6. The van der Waals surface area contributed by atoms with Gasteiger partial charge < -0.3 is 14.5 Å². The van der Waals surface area contributed by atoms with E-state index in [1.807, 2.05) is 14.1 Å². The number of benzene rings is 1. The molecular formula is C16H21FN4O2. The van der Waals surface area contributed by atoms with E-state index in [0.29, 0.717) is 36.5 Å². The largest absolute Gasteiger partial charge is 0.387 e. The summed E-state index contributed by atoms with van der Waals surface area (Å²) < 4.78 is 18.2. The number of aliphatic hydroxyl groups excluding tert-OH is 1. The van der Waals surface area contributed by atoms with Gasteiger partial charge in [0, 0.05) is 26.7 Å². The van der Waals surface area contributed by atoms with E-state index in [4.69, 9.17) is 4.52 Å². The molecule has 1 aliphatic carbocycles. The zero-order valence-electron chi connectivity index (χ0n) is 13.3. The van der Waals surface area contributed by atoms with Gasteiger partial charge in [-0.3, -0.25) is 4.90 Å². The Labute approximate surface area is 134 Å². The average molecular weight is 320 g/mol. The number of nitrogens with zero attached hydrogens (tertiary/aromatic N) is 4. The lowest BCUT2D eigenvalue weighted by Crippen LogP contribution is -2.30. The molecule has 1 aromatic heterocycles. The van der Waals surface area contributed by atoms with E-state index in [1.165, 1.54) is 12.1 Å². The molecule has 1 saturated carbocycles. The molecule has 1 unspecified atom stereocenters. The first-order valence-corrected chi connectivity index (χ1v) is 7.70. The lowest BCUT2D eigenvalue weighted by molar-refractivity contribution is 0.0972. The Morgan fingerprint density at radius 2 is 2.00 bits per heavy atom. The summed E-state index contributed by atoms with van der Waals surface area (Å²) in [4.78, 5) is 8.25. The highest BCUT2D eigenvalue weighted by Gasteiger charge is 2.31. The normalized spacial score (nSPS) is 15.9. The lowest BCUT2D eigenvalue weighted by atomic mass is 10.1. The molecule has 0 aliphatic heterocycles. The van der Waals surface area contributed by atoms with Gasteiger partial charge in [-0.2, -0.15) is 4.98 Å². The SMILES string of the molecule is CN(C)c1noc(CN(CC(O)c2ccc(F)cc2)C2CC2)n1. The van der Waals surface area contributed by atoms with Crippen molar-refractivity contribution in [1.82, 2.24) is 15.0 Å². The van der Waals surface area contributed by atoms with Gasteiger partial charge in [-0.25, -0.2) is 4.39 Å². The molecule has 0 amide bonds. The van der Waals surface area contributed by atoms with Gasteiger partial charge in [0.15, 0.2) is 0 Å². The summed E-state index contributed by atoms with van der Waals surface area (Å²) in [5.41, 5.74) is 0.705. The number of aromatic nitrogens is 2. The van der Waals surface area contributed by atoms with Crippen LogP contribution in [0.1, 0.15) is 30.4 Å². The van der Waals surface area contributed by atoms with Crippen LogP contribution in [0.2, 0.25) is 0 Å². The van der Waals surface area contributed by atoms with Gasteiger partial charge in [-0.05, 0) is 35.7 Å². The summed E-state index contributed by atoms with van der Waals surface area (Å²) in [5, 5.41) is 14.3. The van der Waals surface area contributed by atoms with E-state index >= 15 is 0 Å². The first-order chi connectivity index (χ1) is 11.0. The molecule has 23 heavy (non-hydrogen) atoms. The van der Waals surface area contributed by atoms with Crippen LogP contribution in [0.15, 0.2) is 28.8 Å². The Morgan fingerprint density at radius 1 is 1.30 bits per heavy atom. The molecule has 1 fully saturated rings. The van der Waals surface area contributed by atoms with E-state index in [1.54, 1.807) is 17.0 Å². The van der Waals surface area contributed by atoms with Gasteiger partial charge in [0.2, 0.25) is 5.89 Å². The van der Waals surface area contributed by atoms with Crippen molar-refractivity contribution in [1.29, 1.82) is 0 Å². The fourth-order valence-electron chi connectivity index (χ4n) is 2.46. The van der Waals surface area contributed by atoms with Gasteiger partial charge in [0.1, 0.15) is 5.82 Å². The predicted molar refractivity (Wildman–Crippen MR) is 83.4 cm³/mol. The molecule has 3 rings (SSSR count). The minimum absolute atomic E-state index is 0.304. The molecule has 124 valence electrons. The number of anilines is 1. The molecule has 1 atom stereocenters. The molecule has 1 aliphatic rings. The van der Waals surface area contributed by atoms with Crippen molar-refractivity contribution in [2.24, 2.45) is 0 Å². The maximum atomic E-state index is 13.0. The van der Waals surface area contributed by atoms with Crippen LogP contribution in [0.3, 0.4) is 0 Å². The third kappa shape index (κ3) is 4.05. The van der Waals surface area contributed by atoms with Crippen LogP contribution in [-0.2, 0) is 6.54 Å². The molecule has 0 bridgehead atoms. The molecule has 1 aromatic carbocycles. The maximum absolute atomic E-state index is 13.0. The summed E-state index contributed by atoms with van der Waals surface area (Å²) >= 11 is 0. The number of halogens is 1. The molecule has 1 heterocycles. The van der Waals surface area contributed by atoms with Crippen LogP contribution in [-0.4, -0.2) is 46.8 Å². The van der Waals surface area contributed by atoms with E-state index in [0.717, 1.165) is 12.8 Å². The third-order valence-corrected chi connectivity index (χ3v) is 3.92. The second-order valence-electron chi connectivity index (χ2n) is 6.11. The fraction of sp³-hybridized carbons (Fsp3) is 0.500. The van der Waals surface area contributed by atoms with Crippen molar-refractivity contribution in [2.45, 2.75) is 31.5 Å². The van der Waals surface area contributed by atoms with Crippen LogP contribution >= 0.6 is 0 Å². The van der Waals surface area contributed by atoms with Gasteiger partial charge in [-0.15, -0.1) is 0 Å². The van der Waals surface area contributed by atoms with Gasteiger partial charge in [-0.1, -0.05) is 12.1 Å². The second-order valence-corrected chi connectivity index (χ2v) is 6.11. The number of aliphatic hydroxyl groups is 1. The van der Waals surface area contributed by atoms with Crippen molar-refractivity contribution in [2.75, 3.05) is 25.5 Å². The lowest BCUT2D eigenvalue weighted by Gasteiger charge is -2.23. The monoisotopic (exact) mass is 320 g/mol. The maximum Gasteiger partial charge on any atom is 0.265 e. The van der Waals surface area contributed by atoms with E-state index in [-0.39, 0.29) is 5.82 Å². The van der Waals surface area contributed by atoms with Crippen LogP contribution < -0.4 is 4.90 Å². The highest BCUT2D eigenvalue weighted by molar-refractivity contribution is 5.23. The number of rotatable bonds is 7. The summed E-state index contributed by atoms with van der Waals surface area (Å²) in [5.74, 6) is 0.767. The van der Waals surface area contributed by atoms with E-state index in [9.17, 15) is 9.50 Å². The Bertz CT molecular complexity index is 640. The van der Waals surface area contributed by atoms with Crippen molar-refractivity contribution in [3.8, 4) is 0 Å². The molecule has 0 spiro atoms. The summed E-state index contributed by atoms with van der Waals surface area (Å²) in [6.45, 7) is 0.958. The second kappa shape index (κ2) is 6.64. The molecule has 0 radical (unpaired) electrons. The van der Waals surface area contributed by atoms with Crippen molar-refractivity contribution >= 4 is 5.95 Å². The smallest absolute Gasteiger partial charge is 0.265 e. The first kappa shape index (κ1) is 15.9. The zero-order valence-corrected chi connectivity index (χ0v) is 13.3. The fourth-order valence-corrected chi connectivity index (χ4v) is 2.46. The summed E-state index contributed by atoms with van der Waals surface area (Å²) in [6.07, 6.45) is 1.53. The standard InChI is InChI=1S/C16H21FN4O2/c1-20(2)16-18-15(23-19-16)10-21(13-7-8-13)9-14(22)11-3-5-12(17)6-4-11/h3-6,13-14,22H,7-10H2,1-2H3. The van der Waals surface area contributed by atoms with Crippen LogP contribution in [0.5, 0.6) is 0 Å². The van der Waals surface area contributed by atoms with Crippen molar-refractivity contribution < 1.29 is 14.0 Å². The quantitative estimate of drug-likeness (QED) is 0.841. The number of hydrogen-bond donors (Lipinski definition) is 1. The molecule has 2 aromatic rings. The topological polar surface area (TPSA) is 65.6 Å². The Balaban J connectivity index is 1.65. The zero-order chi connectivity index (χ0) is 16.4. The van der Waals surface area contributed by atoms with Crippen LogP contribution in [0, 0.1) is 5.82 Å². The highest BCUT2D eigenvalue weighted by atomic mass is 19.1. The highest BCUT2D eigenvalue weighted by Crippen LogP contribution is 2.30. The van der Waals surface area contributed by atoms with Gasteiger partial charge >= 0.3 is 0 Å². The molecule has 6 nitrogen and oxygen atoms in total. The minimum atomic E-state index is -0.674. The van der Waals surface area contributed by atoms with E-state index in [2.05, 4.69) is 15.0 Å².